The molecule has 4 rings (SSSR count). The van der Waals surface area contributed by atoms with Gasteiger partial charge in [-0.25, -0.2) is 9.97 Å². The first-order valence-electron chi connectivity index (χ1n) is 9.29. The summed E-state index contributed by atoms with van der Waals surface area (Å²) in [6.07, 6.45) is -2.03. The summed E-state index contributed by atoms with van der Waals surface area (Å²) >= 11 is 0. The number of fused-ring (bicyclic) bond motifs is 1. The van der Waals surface area contributed by atoms with Gasteiger partial charge in [0.2, 0.25) is 5.95 Å². The van der Waals surface area contributed by atoms with Crippen LogP contribution in [-0.2, 0) is 18.6 Å². The Hall–Kier alpha value is -3.65. The number of nitriles is 1. The number of hydrogen-bond acceptors (Lipinski definition) is 7. The third kappa shape index (κ3) is 3.66. The molecule has 1 aliphatic heterocycles. The maximum Gasteiger partial charge on any atom is 0.437 e. The zero-order chi connectivity index (χ0) is 22.4. The number of benzene rings is 1. The van der Waals surface area contributed by atoms with Crippen molar-refractivity contribution < 1.29 is 18.3 Å². The first-order valence-corrected chi connectivity index (χ1v) is 9.29. The summed E-state index contributed by atoms with van der Waals surface area (Å²) in [6.45, 7) is 2.25. The van der Waals surface area contributed by atoms with Crippen LogP contribution < -0.4 is 10.6 Å². The number of aliphatic hydroxyl groups is 1. The van der Waals surface area contributed by atoms with Crippen LogP contribution in [0.5, 0.6) is 0 Å². The Morgan fingerprint density at radius 1 is 1.39 bits per heavy atom. The minimum absolute atomic E-state index is 0.0435. The lowest BCUT2D eigenvalue weighted by Gasteiger charge is -2.21. The summed E-state index contributed by atoms with van der Waals surface area (Å²) in [6, 6.07) is 7.21. The van der Waals surface area contributed by atoms with Crippen molar-refractivity contribution in [1.82, 2.24) is 19.7 Å². The van der Waals surface area contributed by atoms with E-state index in [2.05, 4.69) is 31.8 Å². The van der Waals surface area contributed by atoms with Crippen LogP contribution in [0, 0.1) is 11.3 Å². The van der Waals surface area contributed by atoms with E-state index < -0.39 is 17.3 Å². The van der Waals surface area contributed by atoms with Crippen LogP contribution in [-0.4, -0.2) is 38.0 Å². The highest BCUT2D eigenvalue weighted by Gasteiger charge is 2.38. The van der Waals surface area contributed by atoms with Gasteiger partial charge in [0, 0.05) is 37.0 Å². The molecule has 31 heavy (non-hydrogen) atoms. The molecule has 11 heteroatoms. The minimum Gasteiger partial charge on any atom is -0.395 e. The predicted octanol–water partition coefficient (Wildman–Crippen LogP) is 3.19. The molecule has 0 unspecified atom stereocenters. The smallest absolute Gasteiger partial charge is 0.395 e. The molecular weight excluding hydrogens is 411 g/mol. The number of alkyl halides is 3. The molecule has 3 aromatic rings. The Labute approximate surface area is 175 Å². The van der Waals surface area contributed by atoms with Gasteiger partial charge in [-0.2, -0.15) is 23.5 Å². The SMILES string of the molecule is Cn1cc(Nc2nccc(-c3cc(C#N)c4c(c3)[C@@](C)(CO)CN4)n2)c(C(F)(F)F)n1. The molecular formula is C20H18F3N7O. The number of aliphatic hydroxyl groups excluding tert-OH is 1. The number of anilines is 3. The Bertz CT molecular complexity index is 1200. The molecule has 2 aromatic heterocycles. The summed E-state index contributed by atoms with van der Waals surface area (Å²) in [5.41, 5.74) is 0.942. The highest BCUT2D eigenvalue weighted by atomic mass is 19.4. The third-order valence-electron chi connectivity index (χ3n) is 5.21. The van der Waals surface area contributed by atoms with Crippen molar-refractivity contribution in [1.29, 1.82) is 5.26 Å². The van der Waals surface area contributed by atoms with Gasteiger partial charge >= 0.3 is 6.18 Å². The summed E-state index contributed by atoms with van der Waals surface area (Å²) in [7, 11) is 1.39. The fourth-order valence-electron chi connectivity index (χ4n) is 3.55. The van der Waals surface area contributed by atoms with Crippen LogP contribution in [0.15, 0.2) is 30.6 Å². The number of aryl methyl sites for hydroxylation is 1. The van der Waals surface area contributed by atoms with Gasteiger partial charge in [0.15, 0.2) is 5.69 Å². The lowest BCUT2D eigenvalue weighted by atomic mass is 9.83. The van der Waals surface area contributed by atoms with Gasteiger partial charge in [0.1, 0.15) is 6.07 Å². The second-order valence-electron chi connectivity index (χ2n) is 7.58. The van der Waals surface area contributed by atoms with Crippen molar-refractivity contribution in [2.24, 2.45) is 7.05 Å². The first-order chi connectivity index (χ1) is 14.6. The number of aromatic nitrogens is 4. The van der Waals surface area contributed by atoms with Crippen LogP contribution in [0.1, 0.15) is 23.7 Å². The zero-order valence-electron chi connectivity index (χ0n) is 16.6. The second-order valence-corrected chi connectivity index (χ2v) is 7.58. The fraction of sp³-hybridized carbons (Fsp3) is 0.300. The van der Waals surface area contributed by atoms with Crippen LogP contribution in [0.4, 0.5) is 30.5 Å². The van der Waals surface area contributed by atoms with E-state index in [0.717, 1.165) is 10.2 Å². The minimum atomic E-state index is -4.63. The molecule has 0 aliphatic carbocycles. The molecule has 1 atom stereocenters. The van der Waals surface area contributed by atoms with E-state index in [1.807, 2.05) is 13.0 Å². The van der Waals surface area contributed by atoms with E-state index in [1.165, 1.54) is 19.4 Å². The normalized spacial score (nSPS) is 17.7. The molecule has 0 spiro atoms. The molecule has 8 nitrogen and oxygen atoms in total. The summed E-state index contributed by atoms with van der Waals surface area (Å²) in [5, 5.41) is 28.6. The summed E-state index contributed by atoms with van der Waals surface area (Å²) < 4.78 is 40.7. The molecule has 3 heterocycles. The Kier molecular flexibility index (Phi) is 4.82. The van der Waals surface area contributed by atoms with Crippen LogP contribution in [0.25, 0.3) is 11.3 Å². The molecule has 160 valence electrons. The largest absolute Gasteiger partial charge is 0.437 e. The monoisotopic (exact) mass is 429 g/mol. The lowest BCUT2D eigenvalue weighted by molar-refractivity contribution is -0.140. The van der Waals surface area contributed by atoms with Gasteiger partial charge in [-0.1, -0.05) is 6.92 Å². The molecule has 0 saturated heterocycles. The zero-order valence-corrected chi connectivity index (χ0v) is 16.6. The third-order valence-corrected chi connectivity index (χ3v) is 5.21. The molecule has 1 aliphatic rings. The summed E-state index contributed by atoms with van der Waals surface area (Å²) in [4.78, 5) is 8.33. The van der Waals surface area contributed by atoms with E-state index in [0.29, 0.717) is 29.1 Å². The van der Waals surface area contributed by atoms with Crippen molar-refractivity contribution >= 4 is 17.3 Å². The van der Waals surface area contributed by atoms with Crippen LogP contribution >= 0.6 is 0 Å². The maximum absolute atomic E-state index is 13.2. The average molecular weight is 429 g/mol. The van der Waals surface area contributed by atoms with E-state index in [9.17, 15) is 23.5 Å². The molecule has 0 amide bonds. The Morgan fingerprint density at radius 2 is 2.16 bits per heavy atom. The van der Waals surface area contributed by atoms with E-state index in [-0.39, 0.29) is 18.2 Å². The van der Waals surface area contributed by atoms with Crippen molar-refractivity contribution in [2.75, 3.05) is 23.8 Å². The second kappa shape index (κ2) is 7.24. The Balaban J connectivity index is 1.74. The van der Waals surface area contributed by atoms with E-state index in [1.54, 1.807) is 12.1 Å². The van der Waals surface area contributed by atoms with Crippen molar-refractivity contribution in [3.8, 4) is 17.3 Å². The molecule has 0 saturated carbocycles. The number of nitrogens with one attached hydrogen (secondary N) is 2. The lowest BCUT2D eigenvalue weighted by Crippen LogP contribution is -2.28. The van der Waals surface area contributed by atoms with E-state index in [4.69, 9.17) is 0 Å². The topological polar surface area (TPSA) is 112 Å². The van der Waals surface area contributed by atoms with Crippen molar-refractivity contribution in [2.45, 2.75) is 18.5 Å². The van der Waals surface area contributed by atoms with Crippen LogP contribution in [0.3, 0.4) is 0 Å². The quantitative estimate of drug-likeness (QED) is 0.584. The van der Waals surface area contributed by atoms with Gasteiger partial charge < -0.3 is 15.7 Å². The number of halogens is 3. The predicted molar refractivity (Wildman–Crippen MR) is 107 cm³/mol. The van der Waals surface area contributed by atoms with Gasteiger partial charge in [-0.3, -0.25) is 4.68 Å². The average Bonchev–Trinajstić information content (AvgIpc) is 3.28. The standard InChI is InChI=1S/C20H18F3N7O/c1-19(10-31)9-26-16-12(7-24)5-11(6-13(16)19)14-3-4-25-18(27-14)28-15-8-30(2)29-17(15)20(21,22)23/h3-6,8,26,31H,9-10H2,1-2H3,(H,25,27,28)/t19-/m1/s1. The molecule has 1 aromatic carbocycles. The van der Waals surface area contributed by atoms with Crippen LogP contribution in [0.2, 0.25) is 0 Å². The van der Waals surface area contributed by atoms with Crippen molar-refractivity contribution in [3.05, 3.63) is 47.4 Å². The highest BCUT2D eigenvalue weighted by molar-refractivity contribution is 5.76. The van der Waals surface area contributed by atoms with Gasteiger partial charge in [-0.15, -0.1) is 0 Å². The number of rotatable bonds is 4. The fourth-order valence-corrected chi connectivity index (χ4v) is 3.55. The molecule has 3 N–H and O–H groups in total. The van der Waals surface area contributed by atoms with E-state index >= 15 is 0 Å². The molecule has 0 fully saturated rings. The summed E-state index contributed by atoms with van der Waals surface area (Å²) in [5.74, 6) is -0.0435. The maximum atomic E-state index is 13.2. The van der Waals surface area contributed by atoms with Gasteiger partial charge in [0.05, 0.1) is 29.2 Å². The number of hydrogen-bond donors (Lipinski definition) is 3. The Morgan fingerprint density at radius 3 is 2.84 bits per heavy atom. The first kappa shape index (κ1) is 20.6. The number of nitrogens with zero attached hydrogens (tertiary/aromatic N) is 5. The van der Waals surface area contributed by atoms with Gasteiger partial charge in [0.25, 0.3) is 0 Å². The van der Waals surface area contributed by atoms with Gasteiger partial charge in [-0.05, 0) is 23.8 Å². The van der Waals surface area contributed by atoms with Crippen molar-refractivity contribution in [3.63, 3.8) is 0 Å². The molecule has 0 bridgehead atoms. The highest BCUT2D eigenvalue weighted by Crippen LogP contribution is 2.41. The molecule has 0 radical (unpaired) electrons.